The molecule has 0 unspecified atom stereocenters. The van der Waals surface area contributed by atoms with E-state index in [2.05, 4.69) is 4.98 Å². The lowest BCUT2D eigenvalue weighted by Crippen LogP contribution is -2.16. The molecule has 0 bridgehead atoms. The first-order chi connectivity index (χ1) is 5.86. The predicted octanol–water partition coefficient (Wildman–Crippen LogP) is 0.818. The van der Waals surface area contributed by atoms with Crippen molar-refractivity contribution < 1.29 is 4.42 Å². The number of hydrogen-bond acceptors (Lipinski definition) is 2. The van der Waals surface area contributed by atoms with Crippen LogP contribution in [-0.4, -0.2) is 9.55 Å². The topological polar surface area (TPSA) is 50.9 Å². The summed E-state index contributed by atoms with van der Waals surface area (Å²) < 4.78 is 6.63. The lowest BCUT2D eigenvalue weighted by molar-refractivity contribution is 0.490. The summed E-state index contributed by atoms with van der Waals surface area (Å²) in [6.45, 7) is 0.481. The number of imidazole rings is 1. The van der Waals surface area contributed by atoms with Crippen molar-refractivity contribution in [3.63, 3.8) is 0 Å². The largest absolute Gasteiger partial charge is 0.467 e. The monoisotopic (exact) mass is 164 g/mol. The summed E-state index contributed by atoms with van der Waals surface area (Å²) in [4.78, 5) is 13.6. The summed E-state index contributed by atoms with van der Waals surface area (Å²) in [6, 6.07) is 3.63. The number of hydrogen-bond donors (Lipinski definition) is 1. The zero-order chi connectivity index (χ0) is 8.39. The SMILES string of the molecule is O=c1[nH]ccn1Cc1ccco1. The van der Waals surface area contributed by atoms with Gasteiger partial charge in [-0.05, 0) is 12.1 Å². The molecule has 62 valence electrons. The molecule has 0 aliphatic heterocycles. The van der Waals surface area contributed by atoms with E-state index in [0.717, 1.165) is 5.76 Å². The molecule has 12 heavy (non-hydrogen) atoms. The van der Waals surface area contributed by atoms with Gasteiger partial charge in [-0.15, -0.1) is 0 Å². The number of furan rings is 1. The van der Waals surface area contributed by atoms with E-state index in [-0.39, 0.29) is 5.69 Å². The van der Waals surface area contributed by atoms with Crippen LogP contribution in [-0.2, 0) is 6.54 Å². The van der Waals surface area contributed by atoms with E-state index in [1.807, 2.05) is 6.07 Å². The quantitative estimate of drug-likeness (QED) is 0.714. The molecule has 0 radical (unpaired) electrons. The van der Waals surface area contributed by atoms with Crippen molar-refractivity contribution in [1.29, 1.82) is 0 Å². The Kier molecular flexibility index (Phi) is 1.59. The van der Waals surface area contributed by atoms with Gasteiger partial charge in [-0.25, -0.2) is 4.79 Å². The van der Waals surface area contributed by atoms with Crippen LogP contribution in [0.3, 0.4) is 0 Å². The highest BCUT2D eigenvalue weighted by Crippen LogP contribution is 2.00. The summed E-state index contributed by atoms with van der Waals surface area (Å²) >= 11 is 0. The van der Waals surface area contributed by atoms with E-state index in [1.165, 1.54) is 0 Å². The summed E-state index contributed by atoms with van der Waals surface area (Å²) in [5.41, 5.74) is -0.119. The minimum absolute atomic E-state index is 0.119. The normalized spacial score (nSPS) is 10.3. The molecule has 0 aliphatic rings. The van der Waals surface area contributed by atoms with E-state index in [9.17, 15) is 4.79 Å². The van der Waals surface area contributed by atoms with E-state index in [1.54, 1.807) is 29.3 Å². The third-order valence-electron chi connectivity index (χ3n) is 1.63. The highest BCUT2D eigenvalue weighted by atomic mass is 16.3. The van der Waals surface area contributed by atoms with Gasteiger partial charge in [0.05, 0.1) is 12.8 Å². The molecule has 1 N–H and O–H groups in total. The maximum atomic E-state index is 11.0. The van der Waals surface area contributed by atoms with Crippen LogP contribution in [0.15, 0.2) is 40.0 Å². The summed E-state index contributed by atoms with van der Waals surface area (Å²) in [5.74, 6) is 0.775. The molecule has 0 spiro atoms. The first-order valence-corrected chi connectivity index (χ1v) is 3.62. The number of rotatable bonds is 2. The van der Waals surface area contributed by atoms with Crippen LogP contribution in [0.1, 0.15) is 5.76 Å². The first kappa shape index (κ1) is 6.97. The lowest BCUT2D eigenvalue weighted by atomic mass is 10.4. The van der Waals surface area contributed by atoms with E-state index >= 15 is 0 Å². The summed E-state index contributed by atoms with van der Waals surface area (Å²) in [7, 11) is 0. The van der Waals surface area contributed by atoms with E-state index < -0.39 is 0 Å². The Morgan fingerprint density at radius 1 is 1.58 bits per heavy atom. The van der Waals surface area contributed by atoms with Gasteiger partial charge in [0.2, 0.25) is 0 Å². The maximum absolute atomic E-state index is 11.0. The highest BCUT2D eigenvalue weighted by molar-refractivity contribution is 4.99. The molecule has 0 amide bonds. The smallest absolute Gasteiger partial charge is 0.325 e. The molecule has 4 nitrogen and oxygen atoms in total. The molecule has 0 aliphatic carbocycles. The van der Waals surface area contributed by atoms with Crippen molar-refractivity contribution >= 4 is 0 Å². The number of H-pyrrole nitrogens is 1. The van der Waals surface area contributed by atoms with E-state index in [0.29, 0.717) is 6.54 Å². The molecule has 0 fully saturated rings. The first-order valence-electron chi connectivity index (χ1n) is 3.62. The van der Waals surface area contributed by atoms with Gasteiger partial charge in [0.15, 0.2) is 0 Å². The van der Waals surface area contributed by atoms with Gasteiger partial charge < -0.3 is 9.40 Å². The van der Waals surface area contributed by atoms with Crippen molar-refractivity contribution in [2.24, 2.45) is 0 Å². The van der Waals surface area contributed by atoms with Crippen LogP contribution in [0, 0.1) is 0 Å². The zero-order valence-corrected chi connectivity index (χ0v) is 6.36. The van der Waals surface area contributed by atoms with Crippen LogP contribution in [0.4, 0.5) is 0 Å². The highest BCUT2D eigenvalue weighted by Gasteiger charge is 1.98. The Hall–Kier alpha value is -1.71. The van der Waals surface area contributed by atoms with Gasteiger partial charge >= 0.3 is 5.69 Å². The Labute approximate surface area is 68.4 Å². The number of aromatic amines is 1. The second-order valence-electron chi connectivity index (χ2n) is 2.47. The van der Waals surface area contributed by atoms with Crippen molar-refractivity contribution in [2.75, 3.05) is 0 Å². The van der Waals surface area contributed by atoms with E-state index in [4.69, 9.17) is 4.42 Å². The zero-order valence-electron chi connectivity index (χ0n) is 6.36. The Bertz CT molecular complexity index is 397. The molecule has 0 saturated carbocycles. The molecule has 2 aromatic rings. The average molecular weight is 164 g/mol. The number of aromatic nitrogens is 2. The van der Waals surface area contributed by atoms with Crippen LogP contribution >= 0.6 is 0 Å². The molecule has 0 saturated heterocycles. The Morgan fingerprint density at radius 3 is 3.08 bits per heavy atom. The van der Waals surface area contributed by atoms with Gasteiger partial charge in [-0.2, -0.15) is 0 Å². The fraction of sp³-hybridized carbons (Fsp3) is 0.125. The third-order valence-corrected chi connectivity index (χ3v) is 1.63. The van der Waals surface area contributed by atoms with Gasteiger partial charge in [0, 0.05) is 12.4 Å². The van der Waals surface area contributed by atoms with Crippen molar-refractivity contribution in [3.8, 4) is 0 Å². The molecule has 2 rings (SSSR count). The lowest BCUT2D eigenvalue weighted by Gasteiger charge is -1.94. The molecule has 2 heterocycles. The summed E-state index contributed by atoms with van der Waals surface area (Å²) in [6.07, 6.45) is 4.88. The Balaban J connectivity index is 2.25. The maximum Gasteiger partial charge on any atom is 0.325 e. The van der Waals surface area contributed by atoms with Crippen LogP contribution in [0.5, 0.6) is 0 Å². The molecular weight excluding hydrogens is 156 g/mol. The van der Waals surface area contributed by atoms with Gasteiger partial charge in [-0.1, -0.05) is 0 Å². The fourth-order valence-corrected chi connectivity index (χ4v) is 1.04. The minimum Gasteiger partial charge on any atom is -0.467 e. The van der Waals surface area contributed by atoms with Crippen LogP contribution < -0.4 is 5.69 Å². The Morgan fingerprint density at radius 2 is 2.50 bits per heavy atom. The second-order valence-corrected chi connectivity index (χ2v) is 2.47. The van der Waals surface area contributed by atoms with Crippen molar-refractivity contribution in [1.82, 2.24) is 9.55 Å². The number of nitrogens with zero attached hydrogens (tertiary/aromatic N) is 1. The van der Waals surface area contributed by atoms with Crippen LogP contribution in [0.2, 0.25) is 0 Å². The summed E-state index contributed by atoms with van der Waals surface area (Å²) in [5, 5.41) is 0. The third kappa shape index (κ3) is 1.18. The predicted molar refractivity (Wildman–Crippen MR) is 42.9 cm³/mol. The molecule has 4 heteroatoms. The minimum atomic E-state index is -0.119. The molecule has 2 aromatic heterocycles. The average Bonchev–Trinajstić information content (AvgIpc) is 2.65. The van der Waals surface area contributed by atoms with Crippen molar-refractivity contribution in [2.45, 2.75) is 6.54 Å². The van der Waals surface area contributed by atoms with Crippen LogP contribution in [0.25, 0.3) is 0 Å². The van der Waals surface area contributed by atoms with Gasteiger partial charge in [-0.3, -0.25) is 4.57 Å². The van der Waals surface area contributed by atoms with Crippen molar-refractivity contribution in [3.05, 3.63) is 47.0 Å². The number of nitrogens with one attached hydrogen (secondary N) is 1. The van der Waals surface area contributed by atoms with Gasteiger partial charge in [0.1, 0.15) is 5.76 Å². The molecule has 0 aromatic carbocycles. The standard InChI is InChI=1S/C8H8N2O2/c11-8-9-3-4-10(8)6-7-2-1-5-12-7/h1-5H,6H2,(H,9,11). The molecular formula is C8H8N2O2. The van der Waals surface area contributed by atoms with Gasteiger partial charge in [0.25, 0.3) is 0 Å². The molecule has 0 atom stereocenters. The fourth-order valence-electron chi connectivity index (χ4n) is 1.04. The second kappa shape index (κ2) is 2.73.